The molecule has 0 atom stereocenters. The molecule has 0 spiro atoms. The Bertz CT molecular complexity index is 292. The first-order valence-electron chi connectivity index (χ1n) is 6.70. The molecule has 1 saturated heterocycles. The van der Waals surface area contributed by atoms with E-state index in [-0.39, 0.29) is 17.7 Å². The first-order valence-corrected chi connectivity index (χ1v) is 6.70. The van der Waals surface area contributed by atoms with Gasteiger partial charge in [0.1, 0.15) is 0 Å². The minimum absolute atomic E-state index is 0.168. The highest BCUT2D eigenvalue weighted by molar-refractivity contribution is 5.79. The minimum Gasteiger partial charge on any atom is -0.356 e. The van der Waals surface area contributed by atoms with E-state index in [1.165, 1.54) is 6.42 Å². The molecule has 0 aromatic carbocycles. The number of likely N-dealkylation sites (tertiary alicyclic amines) is 1. The fourth-order valence-electron chi connectivity index (χ4n) is 2.51. The van der Waals surface area contributed by atoms with Gasteiger partial charge < -0.3 is 10.2 Å². The van der Waals surface area contributed by atoms with Crippen molar-refractivity contribution >= 4 is 11.8 Å². The topological polar surface area (TPSA) is 49.4 Å². The molecule has 1 aliphatic carbocycles. The monoisotopic (exact) mass is 238 g/mol. The Kier molecular flexibility index (Phi) is 4.02. The lowest BCUT2D eigenvalue weighted by Gasteiger charge is -2.32. The van der Waals surface area contributed by atoms with Crippen LogP contribution in [0.2, 0.25) is 0 Å². The van der Waals surface area contributed by atoms with Gasteiger partial charge in [0, 0.05) is 32.5 Å². The van der Waals surface area contributed by atoms with Crippen molar-refractivity contribution in [2.24, 2.45) is 11.8 Å². The van der Waals surface area contributed by atoms with Crippen molar-refractivity contribution in [1.82, 2.24) is 10.2 Å². The second kappa shape index (κ2) is 5.52. The average Bonchev–Trinajstić information content (AvgIpc) is 2.24. The molecule has 17 heavy (non-hydrogen) atoms. The maximum Gasteiger partial charge on any atom is 0.223 e. The molecule has 0 unspecified atom stereocenters. The third kappa shape index (κ3) is 3.20. The molecule has 2 fully saturated rings. The number of rotatable bonds is 3. The number of amides is 2. The largest absolute Gasteiger partial charge is 0.356 e. The maximum absolute atomic E-state index is 11.7. The predicted molar refractivity (Wildman–Crippen MR) is 65.3 cm³/mol. The molecular weight excluding hydrogens is 216 g/mol. The first kappa shape index (κ1) is 12.4. The molecule has 1 N–H and O–H groups in total. The summed E-state index contributed by atoms with van der Waals surface area (Å²) in [6, 6.07) is 0. The normalized spacial score (nSPS) is 22.1. The van der Waals surface area contributed by atoms with E-state index >= 15 is 0 Å². The standard InChI is InChI=1S/C13H22N2O2/c1-10(16)15-7-5-11(6-8-15)9-14-13(17)12-3-2-4-12/h11-12H,2-9H2,1H3,(H,14,17). The number of piperidine rings is 1. The van der Waals surface area contributed by atoms with Crippen LogP contribution in [-0.2, 0) is 9.59 Å². The van der Waals surface area contributed by atoms with Gasteiger partial charge in [0.2, 0.25) is 11.8 Å². The van der Waals surface area contributed by atoms with Crippen molar-refractivity contribution in [1.29, 1.82) is 0 Å². The smallest absolute Gasteiger partial charge is 0.223 e. The quantitative estimate of drug-likeness (QED) is 0.802. The summed E-state index contributed by atoms with van der Waals surface area (Å²) in [6.07, 6.45) is 5.37. The molecule has 0 radical (unpaired) electrons. The van der Waals surface area contributed by atoms with Crippen molar-refractivity contribution in [2.75, 3.05) is 19.6 Å². The Balaban J connectivity index is 1.64. The number of hydrogen-bond donors (Lipinski definition) is 1. The Morgan fingerprint density at radius 2 is 1.82 bits per heavy atom. The maximum atomic E-state index is 11.7. The molecule has 2 rings (SSSR count). The molecule has 1 saturated carbocycles. The third-order valence-electron chi connectivity index (χ3n) is 4.10. The van der Waals surface area contributed by atoms with Gasteiger partial charge in [-0.25, -0.2) is 0 Å². The van der Waals surface area contributed by atoms with E-state index in [1.54, 1.807) is 6.92 Å². The van der Waals surface area contributed by atoms with Crippen LogP contribution in [0.3, 0.4) is 0 Å². The highest BCUT2D eigenvalue weighted by Crippen LogP contribution is 2.26. The van der Waals surface area contributed by atoms with Gasteiger partial charge in [-0.15, -0.1) is 0 Å². The summed E-state index contributed by atoms with van der Waals surface area (Å²) in [5.74, 6) is 1.24. The Labute approximate surface area is 103 Å². The van der Waals surface area contributed by atoms with Crippen molar-refractivity contribution in [3.8, 4) is 0 Å². The Morgan fingerprint density at radius 3 is 2.29 bits per heavy atom. The zero-order valence-corrected chi connectivity index (χ0v) is 10.6. The summed E-state index contributed by atoms with van der Waals surface area (Å²) in [7, 11) is 0. The molecule has 4 heteroatoms. The van der Waals surface area contributed by atoms with Crippen LogP contribution in [0.1, 0.15) is 39.0 Å². The predicted octanol–water partition coefficient (Wildman–Crippen LogP) is 1.16. The minimum atomic E-state index is 0.168. The lowest BCUT2D eigenvalue weighted by atomic mass is 9.84. The van der Waals surface area contributed by atoms with Gasteiger partial charge in [0.15, 0.2) is 0 Å². The summed E-state index contributed by atoms with van der Waals surface area (Å²) >= 11 is 0. The van der Waals surface area contributed by atoms with Gasteiger partial charge in [-0.2, -0.15) is 0 Å². The van der Waals surface area contributed by atoms with Crippen LogP contribution in [0.5, 0.6) is 0 Å². The number of carbonyl (C=O) groups is 2. The van der Waals surface area contributed by atoms with Crippen molar-refractivity contribution in [3.63, 3.8) is 0 Å². The van der Waals surface area contributed by atoms with Crippen LogP contribution in [0.25, 0.3) is 0 Å². The van der Waals surface area contributed by atoms with Crippen molar-refractivity contribution in [2.45, 2.75) is 39.0 Å². The van der Waals surface area contributed by atoms with E-state index < -0.39 is 0 Å². The van der Waals surface area contributed by atoms with Crippen LogP contribution in [-0.4, -0.2) is 36.3 Å². The van der Waals surface area contributed by atoms with E-state index in [0.29, 0.717) is 5.92 Å². The number of hydrogen-bond acceptors (Lipinski definition) is 2. The van der Waals surface area contributed by atoms with Gasteiger partial charge in [0.05, 0.1) is 0 Å². The van der Waals surface area contributed by atoms with Gasteiger partial charge in [0.25, 0.3) is 0 Å². The molecule has 1 aliphatic heterocycles. The van der Waals surface area contributed by atoms with E-state index in [2.05, 4.69) is 5.32 Å². The third-order valence-corrected chi connectivity index (χ3v) is 4.10. The van der Waals surface area contributed by atoms with Crippen LogP contribution < -0.4 is 5.32 Å². The fourth-order valence-corrected chi connectivity index (χ4v) is 2.51. The molecule has 2 aliphatic rings. The zero-order chi connectivity index (χ0) is 12.3. The van der Waals surface area contributed by atoms with E-state index in [4.69, 9.17) is 0 Å². The van der Waals surface area contributed by atoms with Crippen LogP contribution >= 0.6 is 0 Å². The molecule has 0 aromatic rings. The van der Waals surface area contributed by atoms with E-state index in [9.17, 15) is 9.59 Å². The van der Waals surface area contributed by atoms with Crippen LogP contribution in [0.15, 0.2) is 0 Å². The molecule has 0 aromatic heterocycles. The molecule has 1 heterocycles. The zero-order valence-electron chi connectivity index (χ0n) is 10.6. The van der Waals surface area contributed by atoms with E-state index in [1.807, 2.05) is 4.90 Å². The van der Waals surface area contributed by atoms with Gasteiger partial charge >= 0.3 is 0 Å². The summed E-state index contributed by atoms with van der Waals surface area (Å²) in [5, 5.41) is 3.06. The second-order valence-corrected chi connectivity index (χ2v) is 5.32. The lowest BCUT2D eigenvalue weighted by molar-refractivity contribution is -0.131. The van der Waals surface area contributed by atoms with Gasteiger partial charge in [-0.3, -0.25) is 9.59 Å². The van der Waals surface area contributed by atoms with Crippen LogP contribution in [0.4, 0.5) is 0 Å². The van der Waals surface area contributed by atoms with E-state index in [0.717, 1.165) is 45.3 Å². The molecular formula is C13H22N2O2. The lowest BCUT2D eigenvalue weighted by Crippen LogP contribution is -2.42. The van der Waals surface area contributed by atoms with Crippen molar-refractivity contribution < 1.29 is 9.59 Å². The molecule has 2 amide bonds. The Hall–Kier alpha value is -1.06. The van der Waals surface area contributed by atoms with Crippen LogP contribution in [0, 0.1) is 11.8 Å². The molecule has 96 valence electrons. The number of nitrogens with one attached hydrogen (secondary N) is 1. The van der Waals surface area contributed by atoms with Gasteiger partial charge in [-0.05, 0) is 31.6 Å². The fraction of sp³-hybridized carbons (Fsp3) is 0.846. The molecule has 4 nitrogen and oxygen atoms in total. The summed E-state index contributed by atoms with van der Waals surface area (Å²) in [6.45, 7) is 4.11. The SMILES string of the molecule is CC(=O)N1CCC(CNC(=O)C2CCC2)CC1. The second-order valence-electron chi connectivity index (χ2n) is 5.32. The number of nitrogens with zero attached hydrogens (tertiary/aromatic N) is 1. The highest BCUT2D eigenvalue weighted by Gasteiger charge is 2.26. The summed E-state index contributed by atoms with van der Waals surface area (Å²) in [5.41, 5.74) is 0. The average molecular weight is 238 g/mol. The molecule has 0 bridgehead atoms. The summed E-state index contributed by atoms with van der Waals surface area (Å²) in [4.78, 5) is 24.7. The van der Waals surface area contributed by atoms with Gasteiger partial charge in [-0.1, -0.05) is 6.42 Å². The summed E-state index contributed by atoms with van der Waals surface area (Å²) < 4.78 is 0. The Morgan fingerprint density at radius 1 is 1.18 bits per heavy atom. The highest BCUT2D eigenvalue weighted by atomic mass is 16.2. The number of carbonyl (C=O) groups excluding carboxylic acids is 2. The first-order chi connectivity index (χ1) is 8.16. The van der Waals surface area contributed by atoms with Crippen molar-refractivity contribution in [3.05, 3.63) is 0 Å².